The number of aliphatic hydroxyl groups is 1. The maximum absolute atomic E-state index is 14.0. The lowest BCUT2D eigenvalue weighted by molar-refractivity contribution is -0.256. The lowest BCUT2D eigenvalue weighted by Crippen LogP contribution is -2.55. The molecule has 15 nitrogen and oxygen atoms in total. The Morgan fingerprint density at radius 3 is 2.52 bits per heavy atom. The first-order valence-electron chi connectivity index (χ1n) is 17.5. The second-order valence-electron chi connectivity index (χ2n) is 14.2. The predicted octanol–water partition coefficient (Wildman–Crippen LogP) is 2.31. The van der Waals surface area contributed by atoms with Gasteiger partial charge in [-0.25, -0.2) is 0 Å². The van der Waals surface area contributed by atoms with Crippen LogP contribution in [0.2, 0.25) is 0 Å². The van der Waals surface area contributed by atoms with Crippen molar-refractivity contribution >= 4 is 23.3 Å². The van der Waals surface area contributed by atoms with Gasteiger partial charge in [-0.3, -0.25) is 24.1 Å². The Balaban J connectivity index is 1.27. The number of carbonyl (C=O) groups excluding carboxylic acids is 4. The minimum atomic E-state index is -2.19. The number of hydrogen-bond donors (Lipinski definition) is 3. The third-order valence-corrected chi connectivity index (χ3v) is 10.7. The highest BCUT2D eigenvalue weighted by molar-refractivity contribution is 6.31. The van der Waals surface area contributed by atoms with E-state index in [1.165, 1.54) is 32.4 Å². The van der Waals surface area contributed by atoms with Crippen molar-refractivity contribution in [1.82, 2.24) is 4.90 Å². The lowest BCUT2D eigenvalue weighted by atomic mass is 9.71. The van der Waals surface area contributed by atoms with Crippen molar-refractivity contribution < 1.29 is 67.7 Å². The van der Waals surface area contributed by atoms with Crippen molar-refractivity contribution in [2.24, 2.45) is 5.92 Å². The molecule has 7 rings (SSSR count). The van der Waals surface area contributed by atoms with E-state index >= 15 is 0 Å². The number of phenolic OH excluding ortho intramolecular Hbond substituents is 2. The van der Waals surface area contributed by atoms with Gasteiger partial charge in [0.15, 0.2) is 30.4 Å². The average Bonchev–Trinajstić information content (AvgIpc) is 3.50. The Labute approximate surface area is 299 Å². The summed E-state index contributed by atoms with van der Waals surface area (Å²) in [5.41, 5.74) is -3.37. The molecular weight excluding hydrogens is 682 g/mol. The Hall–Kier alpha value is -3.96. The third-order valence-electron chi connectivity index (χ3n) is 10.7. The normalized spacial score (nSPS) is 30.9. The summed E-state index contributed by atoms with van der Waals surface area (Å²) in [4.78, 5) is 55.8. The number of ketones is 3. The second-order valence-corrected chi connectivity index (χ2v) is 14.2. The number of aromatic hydroxyl groups is 2. The summed E-state index contributed by atoms with van der Waals surface area (Å²) >= 11 is 0. The van der Waals surface area contributed by atoms with Crippen LogP contribution in [0.15, 0.2) is 18.2 Å². The molecule has 15 heteroatoms. The van der Waals surface area contributed by atoms with E-state index in [1.54, 1.807) is 13.8 Å². The Morgan fingerprint density at radius 1 is 1.06 bits per heavy atom. The van der Waals surface area contributed by atoms with Gasteiger partial charge >= 0.3 is 5.97 Å². The maximum atomic E-state index is 14.0. The molecule has 3 saturated heterocycles. The number of benzene rings is 2. The van der Waals surface area contributed by atoms with Gasteiger partial charge < -0.3 is 48.5 Å². The van der Waals surface area contributed by atoms with Crippen molar-refractivity contribution in [3.63, 3.8) is 0 Å². The minimum Gasteiger partial charge on any atom is -0.507 e. The van der Waals surface area contributed by atoms with Gasteiger partial charge in [-0.05, 0) is 13.0 Å². The molecule has 5 aliphatic rings. The summed E-state index contributed by atoms with van der Waals surface area (Å²) in [5, 5.41) is 35.7. The fraction of sp³-hybridized carbons (Fsp3) is 0.568. The summed E-state index contributed by atoms with van der Waals surface area (Å²) in [7, 11) is 2.88. The van der Waals surface area contributed by atoms with Gasteiger partial charge in [0.1, 0.15) is 29.0 Å². The molecule has 52 heavy (non-hydrogen) atoms. The van der Waals surface area contributed by atoms with Crippen LogP contribution in [0.3, 0.4) is 0 Å². The van der Waals surface area contributed by atoms with Gasteiger partial charge in [-0.15, -0.1) is 0 Å². The molecule has 0 aromatic heterocycles. The van der Waals surface area contributed by atoms with Crippen molar-refractivity contribution in [1.29, 1.82) is 0 Å². The van der Waals surface area contributed by atoms with Gasteiger partial charge in [-0.1, -0.05) is 26.0 Å². The monoisotopic (exact) mass is 725 g/mol. The quantitative estimate of drug-likeness (QED) is 0.215. The number of fused-ring (bicyclic) bond motifs is 6. The van der Waals surface area contributed by atoms with Crippen LogP contribution in [0.1, 0.15) is 89.1 Å². The Kier molecular flexibility index (Phi) is 9.65. The van der Waals surface area contributed by atoms with Crippen LogP contribution in [0.5, 0.6) is 17.2 Å². The molecule has 3 heterocycles. The van der Waals surface area contributed by atoms with Gasteiger partial charge in [0.05, 0.1) is 55.1 Å². The molecule has 3 N–H and O–H groups in total. The number of Topliss-reactive ketones (excluding diaryl/α,β-unsaturated/α-hetero) is 1. The first kappa shape index (κ1) is 36.4. The summed E-state index contributed by atoms with van der Waals surface area (Å²) in [5.74, 6) is -4.32. The number of hydrogen-bond acceptors (Lipinski definition) is 15. The van der Waals surface area contributed by atoms with Crippen LogP contribution in [0, 0.1) is 5.92 Å². The first-order valence-corrected chi connectivity index (χ1v) is 17.5. The van der Waals surface area contributed by atoms with Crippen molar-refractivity contribution in [2.75, 3.05) is 34.0 Å². The minimum absolute atomic E-state index is 0.0384. The van der Waals surface area contributed by atoms with Gasteiger partial charge in [0.25, 0.3) is 0 Å². The van der Waals surface area contributed by atoms with Gasteiger partial charge in [0.2, 0.25) is 5.78 Å². The van der Waals surface area contributed by atoms with E-state index in [-0.39, 0.29) is 59.6 Å². The Bertz CT molecular complexity index is 1810. The van der Waals surface area contributed by atoms with Gasteiger partial charge in [0, 0.05) is 62.1 Å². The molecular formula is C37H43NO14. The van der Waals surface area contributed by atoms with Crippen molar-refractivity contribution in [3.8, 4) is 17.2 Å². The molecule has 8 atom stereocenters. The average molecular weight is 726 g/mol. The van der Waals surface area contributed by atoms with E-state index in [1.807, 2.05) is 6.92 Å². The molecule has 2 aromatic rings. The van der Waals surface area contributed by atoms with Crippen LogP contribution in [0.4, 0.5) is 0 Å². The summed E-state index contributed by atoms with van der Waals surface area (Å²) in [6, 6.07) is 4.26. The van der Waals surface area contributed by atoms with Gasteiger partial charge in [-0.2, -0.15) is 0 Å². The number of methoxy groups -OCH3 is 2. The zero-order chi connectivity index (χ0) is 37.2. The number of nitrogens with zero attached hydrogens (tertiary/aromatic N) is 1. The van der Waals surface area contributed by atoms with Crippen LogP contribution >= 0.6 is 0 Å². The van der Waals surface area contributed by atoms with E-state index in [4.69, 9.17) is 33.2 Å². The van der Waals surface area contributed by atoms with Crippen LogP contribution in [-0.4, -0.2) is 120 Å². The second kappa shape index (κ2) is 13.8. The molecule has 280 valence electrons. The van der Waals surface area contributed by atoms with Crippen molar-refractivity contribution in [2.45, 2.75) is 95.2 Å². The Morgan fingerprint density at radius 2 is 1.81 bits per heavy atom. The molecule has 0 bridgehead atoms. The zero-order valence-electron chi connectivity index (χ0n) is 29.6. The molecule has 0 spiro atoms. The smallest absolute Gasteiger partial charge is 0.308 e. The zero-order valence-corrected chi connectivity index (χ0v) is 29.6. The van der Waals surface area contributed by atoms with E-state index < -0.39 is 101 Å². The van der Waals surface area contributed by atoms with E-state index in [9.17, 15) is 34.5 Å². The maximum Gasteiger partial charge on any atom is 0.308 e. The SMILES string of the molecule is COc1cccc2c1C(=O)c1c(O)c3c(c(O)c1C2=O)C[C@@](O)(C(=O)CCOC(=O)C(C)C)C[C@@H]3O[C@H]1C[C@H]2[C@H](O[C@@H]3[C@@H](OC)OCCN32)[C@H](C)O1. The molecule has 0 saturated carbocycles. The lowest BCUT2D eigenvalue weighted by Gasteiger charge is -2.43. The highest BCUT2D eigenvalue weighted by atomic mass is 16.7. The largest absolute Gasteiger partial charge is 0.507 e. The molecule has 0 radical (unpaired) electrons. The fourth-order valence-electron chi connectivity index (χ4n) is 8.19. The molecule has 3 aliphatic heterocycles. The first-order chi connectivity index (χ1) is 24.8. The number of ether oxygens (including phenoxy) is 7. The summed E-state index contributed by atoms with van der Waals surface area (Å²) < 4.78 is 40.9. The number of morpholine rings is 1. The number of rotatable bonds is 9. The standard InChI is InChI=1S/C37H43NO14/c1-16(2)35(44)48-11-9-23(39)37(45)14-19-26(32(43)28-27(30(19)41)29(40)18-7-6-8-21(46-4)25(18)31(28)42)22(15-37)51-24-13-20-33(17(3)50-24)52-34-36(47-5)49-12-10-38(20)34/h6-8,16-17,20,22,24,33-34,36,41,43,45H,9-15H2,1-5H3/t17-,20-,22-,24-,33+,34+,36-,37-/m0/s1. The molecule has 2 aliphatic carbocycles. The van der Waals surface area contributed by atoms with Crippen LogP contribution in [0.25, 0.3) is 0 Å². The summed E-state index contributed by atoms with van der Waals surface area (Å²) in [6.45, 7) is 5.82. The summed E-state index contributed by atoms with van der Waals surface area (Å²) in [6.07, 6.45) is -5.18. The highest BCUT2D eigenvalue weighted by Crippen LogP contribution is 2.53. The molecule has 2 aromatic carbocycles. The van der Waals surface area contributed by atoms with Crippen LogP contribution in [-0.2, 0) is 44.4 Å². The molecule has 0 amide bonds. The van der Waals surface area contributed by atoms with Crippen molar-refractivity contribution in [3.05, 3.63) is 51.6 Å². The highest BCUT2D eigenvalue weighted by Gasteiger charge is 2.55. The molecule has 3 fully saturated rings. The van der Waals surface area contributed by atoms with E-state index in [0.29, 0.717) is 13.2 Å². The topological polar surface area (TPSA) is 197 Å². The van der Waals surface area contributed by atoms with Crippen LogP contribution < -0.4 is 4.74 Å². The van der Waals surface area contributed by atoms with E-state index in [2.05, 4.69) is 4.90 Å². The predicted molar refractivity (Wildman–Crippen MR) is 177 cm³/mol. The fourth-order valence-corrected chi connectivity index (χ4v) is 8.19. The number of phenols is 2. The molecule has 0 unspecified atom stereocenters. The number of carbonyl (C=O) groups is 4. The number of esters is 1. The van der Waals surface area contributed by atoms with E-state index in [0.717, 1.165) is 0 Å². The third kappa shape index (κ3) is 5.88.